The fourth-order valence-corrected chi connectivity index (χ4v) is 4.35. The highest BCUT2D eigenvalue weighted by Crippen LogP contribution is 2.35. The van der Waals surface area contributed by atoms with E-state index in [1.807, 2.05) is 35.2 Å². The van der Waals surface area contributed by atoms with Crippen LogP contribution in [0, 0.1) is 11.8 Å². The van der Waals surface area contributed by atoms with Crippen molar-refractivity contribution >= 4 is 17.8 Å². The Labute approximate surface area is 167 Å². The number of hydrogen-bond acceptors (Lipinski definition) is 3. The molecule has 2 atom stereocenters. The summed E-state index contributed by atoms with van der Waals surface area (Å²) >= 11 is 0. The molecule has 3 rings (SSSR count). The molecule has 2 saturated heterocycles. The van der Waals surface area contributed by atoms with Gasteiger partial charge in [0.2, 0.25) is 5.91 Å². The number of piperidine rings is 1. The topological polar surface area (TPSA) is 78.5 Å². The Hall–Kier alpha value is -2.37. The van der Waals surface area contributed by atoms with Gasteiger partial charge >= 0.3 is 6.03 Å². The van der Waals surface area contributed by atoms with Gasteiger partial charge in [0.05, 0.1) is 0 Å². The van der Waals surface area contributed by atoms with Crippen molar-refractivity contribution in [1.29, 1.82) is 0 Å². The zero-order valence-corrected chi connectivity index (χ0v) is 16.9. The number of hydrogen-bond donors (Lipinski definition) is 2. The van der Waals surface area contributed by atoms with Crippen LogP contribution in [0.2, 0.25) is 0 Å². The zero-order valence-electron chi connectivity index (χ0n) is 16.9. The number of benzene rings is 1. The normalized spacial score (nSPS) is 24.0. The molecule has 2 aliphatic heterocycles. The molecule has 2 aliphatic rings. The lowest BCUT2D eigenvalue weighted by atomic mass is 9.74. The lowest BCUT2D eigenvalue weighted by Crippen LogP contribution is -2.56. The fraction of sp³-hybridized carbons (Fsp3) is 0.591. The van der Waals surface area contributed by atoms with Crippen LogP contribution >= 0.6 is 0 Å². The molecule has 4 amide bonds. The summed E-state index contributed by atoms with van der Waals surface area (Å²) in [5.74, 6) is 0.404. The van der Waals surface area contributed by atoms with Crippen molar-refractivity contribution < 1.29 is 14.4 Å². The predicted molar refractivity (Wildman–Crippen MR) is 108 cm³/mol. The first-order chi connectivity index (χ1) is 13.4. The molecule has 152 valence electrons. The van der Waals surface area contributed by atoms with Crippen LogP contribution in [0.25, 0.3) is 0 Å². The van der Waals surface area contributed by atoms with Crippen LogP contribution in [-0.4, -0.2) is 41.4 Å². The maximum atomic E-state index is 12.8. The number of nitrogens with zero attached hydrogens (tertiary/aromatic N) is 1. The largest absolute Gasteiger partial charge is 0.343 e. The van der Waals surface area contributed by atoms with Crippen molar-refractivity contribution in [3.05, 3.63) is 35.9 Å². The summed E-state index contributed by atoms with van der Waals surface area (Å²) in [4.78, 5) is 39.1. The van der Waals surface area contributed by atoms with E-state index in [-0.39, 0.29) is 17.7 Å². The first-order valence-electron chi connectivity index (χ1n) is 10.4. The number of imide groups is 1. The summed E-state index contributed by atoms with van der Waals surface area (Å²) in [5.41, 5.74) is 0.274. The second-order valence-corrected chi connectivity index (χ2v) is 8.24. The van der Waals surface area contributed by atoms with Gasteiger partial charge in [-0.2, -0.15) is 0 Å². The Bertz CT molecular complexity index is 713. The lowest BCUT2D eigenvalue weighted by molar-refractivity contribution is -0.134. The monoisotopic (exact) mass is 385 g/mol. The highest BCUT2D eigenvalue weighted by atomic mass is 16.2. The molecule has 0 saturated carbocycles. The minimum absolute atomic E-state index is 0.0373. The number of nitrogens with one attached hydrogen (secondary N) is 2. The Balaban J connectivity index is 1.66. The van der Waals surface area contributed by atoms with E-state index in [1.54, 1.807) is 0 Å². The highest BCUT2D eigenvalue weighted by Gasteiger charge is 2.51. The summed E-state index contributed by atoms with van der Waals surface area (Å²) < 4.78 is 0. The number of likely N-dealkylation sites (tertiary alicyclic amines) is 1. The van der Waals surface area contributed by atoms with Gasteiger partial charge in [-0.3, -0.25) is 14.9 Å². The average molecular weight is 386 g/mol. The SMILES string of the molecule is CCC(C)CC(=O)N1CCC(C2(CCc3ccccc3)NC(=O)NC2=O)CC1. The Morgan fingerprint density at radius 2 is 1.89 bits per heavy atom. The van der Waals surface area contributed by atoms with Gasteiger partial charge in [-0.1, -0.05) is 50.6 Å². The number of rotatable bonds is 7. The van der Waals surface area contributed by atoms with E-state index in [4.69, 9.17) is 0 Å². The van der Waals surface area contributed by atoms with Crippen LogP contribution in [0.15, 0.2) is 30.3 Å². The van der Waals surface area contributed by atoms with Crippen LogP contribution in [0.1, 0.15) is 51.5 Å². The molecule has 0 radical (unpaired) electrons. The first-order valence-corrected chi connectivity index (χ1v) is 10.4. The molecule has 0 aliphatic carbocycles. The van der Waals surface area contributed by atoms with E-state index in [2.05, 4.69) is 24.5 Å². The fourth-order valence-electron chi connectivity index (χ4n) is 4.35. The Morgan fingerprint density at radius 3 is 2.46 bits per heavy atom. The van der Waals surface area contributed by atoms with Gasteiger partial charge in [-0.25, -0.2) is 4.79 Å². The van der Waals surface area contributed by atoms with Crippen LogP contribution in [0.5, 0.6) is 0 Å². The molecule has 0 spiro atoms. The number of aryl methyl sites for hydroxylation is 1. The van der Waals surface area contributed by atoms with Crippen LogP contribution in [-0.2, 0) is 16.0 Å². The van der Waals surface area contributed by atoms with Gasteiger partial charge in [0.25, 0.3) is 5.91 Å². The summed E-state index contributed by atoms with van der Waals surface area (Å²) in [5, 5.41) is 5.38. The average Bonchev–Trinajstić information content (AvgIpc) is 3.01. The molecule has 6 nitrogen and oxygen atoms in total. The van der Waals surface area contributed by atoms with Gasteiger partial charge in [-0.15, -0.1) is 0 Å². The standard InChI is InChI=1S/C22H31N3O3/c1-3-16(2)15-19(26)25-13-10-18(11-14-25)22(20(27)23-21(28)24-22)12-9-17-7-5-4-6-8-17/h4-8,16,18H,3,9-15H2,1-2H3,(H2,23,24,27,28). The lowest BCUT2D eigenvalue weighted by Gasteiger charge is -2.41. The van der Waals surface area contributed by atoms with Crippen LogP contribution in [0.3, 0.4) is 0 Å². The highest BCUT2D eigenvalue weighted by molar-refractivity contribution is 6.07. The predicted octanol–water partition coefficient (Wildman–Crippen LogP) is 2.87. The Morgan fingerprint density at radius 1 is 1.21 bits per heavy atom. The quantitative estimate of drug-likeness (QED) is 0.709. The van der Waals surface area contributed by atoms with Crippen molar-refractivity contribution in [2.45, 2.75) is 57.9 Å². The molecule has 1 aromatic rings. The third-order valence-corrected chi connectivity index (χ3v) is 6.38. The van der Waals surface area contributed by atoms with Crippen molar-refractivity contribution in [3.8, 4) is 0 Å². The van der Waals surface area contributed by atoms with E-state index in [9.17, 15) is 14.4 Å². The van der Waals surface area contributed by atoms with Gasteiger partial charge in [0.1, 0.15) is 5.54 Å². The second-order valence-electron chi connectivity index (χ2n) is 8.24. The van der Waals surface area contributed by atoms with Crippen LogP contribution < -0.4 is 10.6 Å². The Kier molecular flexibility index (Phi) is 6.37. The molecule has 1 aromatic carbocycles. The van der Waals surface area contributed by atoms with Gasteiger partial charge < -0.3 is 10.2 Å². The number of carbonyl (C=O) groups is 3. The number of amides is 4. The summed E-state index contributed by atoms with van der Waals surface area (Å²) in [7, 11) is 0. The van der Waals surface area contributed by atoms with E-state index < -0.39 is 11.6 Å². The van der Waals surface area contributed by atoms with Gasteiger partial charge in [0, 0.05) is 19.5 Å². The molecular formula is C22H31N3O3. The summed E-state index contributed by atoms with van der Waals surface area (Å²) in [6, 6.07) is 9.60. The molecule has 0 aromatic heterocycles. The molecule has 28 heavy (non-hydrogen) atoms. The number of urea groups is 1. The van der Waals surface area contributed by atoms with E-state index in [0.717, 1.165) is 31.2 Å². The maximum Gasteiger partial charge on any atom is 0.322 e. The molecule has 0 bridgehead atoms. The molecule has 2 heterocycles. The number of carbonyl (C=O) groups excluding carboxylic acids is 3. The molecular weight excluding hydrogens is 354 g/mol. The van der Waals surface area contributed by atoms with E-state index in [1.165, 1.54) is 0 Å². The molecule has 2 N–H and O–H groups in total. The summed E-state index contributed by atoms with van der Waals surface area (Å²) in [6.45, 7) is 5.50. The van der Waals surface area contributed by atoms with Gasteiger partial charge in [-0.05, 0) is 43.1 Å². The molecule has 2 unspecified atom stereocenters. The van der Waals surface area contributed by atoms with Crippen molar-refractivity contribution in [3.63, 3.8) is 0 Å². The minimum Gasteiger partial charge on any atom is -0.343 e. The smallest absolute Gasteiger partial charge is 0.322 e. The van der Waals surface area contributed by atoms with E-state index in [0.29, 0.717) is 31.8 Å². The van der Waals surface area contributed by atoms with Crippen molar-refractivity contribution in [2.75, 3.05) is 13.1 Å². The summed E-state index contributed by atoms with van der Waals surface area (Å²) in [6.07, 6.45) is 4.33. The molecule has 2 fully saturated rings. The second kappa shape index (κ2) is 8.76. The van der Waals surface area contributed by atoms with Gasteiger partial charge in [0.15, 0.2) is 0 Å². The van der Waals surface area contributed by atoms with Crippen molar-refractivity contribution in [1.82, 2.24) is 15.5 Å². The first kappa shape index (κ1) is 20.4. The van der Waals surface area contributed by atoms with Crippen LogP contribution in [0.4, 0.5) is 4.79 Å². The third kappa shape index (κ3) is 4.37. The third-order valence-electron chi connectivity index (χ3n) is 6.38. The zero-order chi connectivity index (χ0) is 20.1. The van der Waals surface area contributed by atoms with E-state index >= 15 is 0 Å². The molecule has 6 heteroatoms. The maximum absolute atomic E-state index is 12.8. The van der Waals surface area contributed by atoms with Crippen molar-refractivity contribution in [2.24, 2.45) is 11.8 Å². The minimum atomic E-state index is -0.876.